The third kappa shape index (κ3) is 5.33. The van der Waals surface area contributed by atoms with Gasteiger partial charge in [-0.2, -0.15) is 4.31 Å². The van der Waals surface area contributed by atoms with Crippen molar-refractivity contribution in [3.05, 3.63) is 58.1 Å². The summed E-state index contributed by atoms with van der Waals surface area (Å²) in [6, 6.07) is 6.24. The Morgan fingerprint density at radius 1 is 1.06 bits per heavy atom. The number of benzene rings is 2. The number of nitro benzene ring substituents is 1. The molecule has 1 fully saturated rings. The maximum Gasteiger partial charge on any atom is 0.293 e. The summed E-state index contributed by atoms with van der Waals surface area (Å²) in [6.07, 6.45) is 2.39. The largest absolute Gasteiger partial charge is 0.371 e. The van der Waals surface area contributed by atoms with Crippen LogP contribution in [0.3, 0.4) is 0 Å². The highest BCUT2D eigenvalue weighted by molar-refractivity contribution is 7.89. The molecule has 0 radical (unpaired) electrons. The van der Waals surface area contributed by atoms with Crippen molar-refractivity contribution in [2.24, 2.45) is 0 Å². The summed E-state index contributed by atoms with van der Waals surface area (Å²) in [7, 11) is -3.86. The molecule has 166 valence electrons. The first-order valence-electron chi connectivity index (χ1n) is 9.46. The summed E-state index contributed by atoms with van der Waals surface area (Å²) in [6.45, 7) is 0.304. The van der Waals surface area contributed by atoms with Crippen LogP contribution < -0.4 is 10.6 Å². The fourth-order valence-electron chi connectivity index (χ4n) is 3.18. The molecule has 0 bridgehead atoms. The third-order valence-corrected chi connectivity index (χ3v) is 6.66. The molecule has 0 spiro atoms. The van der Waals surface area contributed by atoms with Crippen molar-refractivity contribution < 1.29 is 26.9 Å². The average molecular weight is 454 g/mol. The molecular formula is C19H20F2N4O5S. The van der Waals surface area contributed by atoms with Crippen molar-refractivity contribution in [1.29, 1.82) is 0 Å². The minimum absolute atomic E-state index is 0.0168. The first-order chi connectivity index (χ1) is 14.7. The Labute approximate surface area is 177 Å². The van der Waals surface area contributed by atoms with Gasteiger partial charge in [-0.15, -0.1) is 0 Å². The molecule has 2 N–H and O–H groups in total. The number of nitro groups is 1. The van der Waals surface area contributed by atoms with E-state index in [9.17, 15) is 32.1 Å². The SMILES string of the molecule is O=C(CNc1ccc(S(=O)(=O)N2CCCCC2)cc1[N+](=O)[O-])Nc1ccc(F)c(F)c1. The lowest BCUT2D eigenvalue weighted by Gasteiger charge is -2.25. The molecule has 2 aromatic carbocycles. The van der Waals surface area contributed by atoms with Gasteiger partial charge in [-0.25, -0.2) is 17.2 Å². The van der Waals surface area contributed by atoms with Gasteiger partial charge in [0.1, 0.15) is 5.69 Å². The highest BCUT2D eigenvalue weighted by Gasteiger charge is 2.28. The molecule has 2 aromatic rings. The second kappa shape index (κ2) is 9.35. The molecule has 1 heterocycles. The zero-order valence-electron chi connectivity index (χ0n) is 16.3. The van der Waals surface area contributed by atoms with Crippen molar-refractivity contribution in [3.8, 4) is 0 Å². The Bertz CT molecular complexity index is 1100. The lowest BCUT2D eigenvalue weighted by Crippen LogP contribution is -2.35. The molecule has 0 saturated carbocycles. The van der Waals surface area contributed by atoms with E-state index >= 15 is 0 Å². The number of nitrogens with one attached hydrogen (secondary N) is 2. The zero-order valence-corrected chi connectivity index (χ0v) is 17.1. The number of piperidine rings is 1. The molecule has 1 aliphatic rings. The van der Waals surface area contributed by atoms with Gasteiger partial charge in [-0.1, -0.05) is 6.42 Å². The molecule has 1 aliphatic heterocycles. The summed E-state index contributed by atoms with van der Waals surface area (Å²) in [5.74, 6) is -2.86. The number of carbonyl (C=O) groups excluding carboxylic acids is 1. The van der Waals surface area contributed by atoms with Gasteiger partial charge < -0.3 is 10.6 Å². The van der Waals surface area contributed by atoms with Crippen LogP contribution in [0, 0.1) is 21.7 Å². The quantitative estimate of drug-likeness (QED) is 0.490. The molecule has 0 atom stereocenters. The number of nitrogens with zero attached hydrogens (tertiary/aromatic N) is 2. The minimum Gasteiger partial charge on any atom is -0.371 e. The van der Waals surface area contributed by atoms with Gasteiger partial charge in [0.2, 0.25) is 15.9 Å². The molecule has 9 nitrogen and oxygen atoms in total. The van der Waals surface area contributed by atoms with E-state index in [1.165, 1.54) is 22.5 Å². The van der Waals surface area contributed by atoms with Crippen LogP contribution >= 0.6 is 0 Å². The van der Waals surface area contributed by atoms with Crippen LogP contribution in [0.1, 0.15) is 19.3 Å². The van der Waals surface area contributed by atoms with Crippen molar-refractivity contribution in [2.45, 2.75) is 24.2 Å². The van der Waals surface area contributed by atoms with E-state index in [1.807, 2.05) is 0 Å². The topological polar surface area (TPSA) is 122 Å². The van der Waals surface area contributed by atoms with Crippen molar-refractivity contribution in [2.75, 3.05) is 30.3 Å². The van der Waals surface area contributed by atoms with Gasteiger partial charge >= 0.3 is 0 Å². The van der Waals surface area contributed by atoms with Crippen molar-refractivity contribution in [1.82, 2.24) is 4.31 Å². The van der Waals surface area contributed by atoms with E-state index in [4.69, 9.17) is 0 Å². The van der Waals surface area contributed by atoms with Crippen LogP contribution in [-0.4, -0.2) is 43.2 Å². The van der Waals surface area contributed by atoms with Gasteiger partial charge in [-0.05, 0) is 37.1 Å². The second-order valence-electron chi connectivity index (χ2n) is 6.93. The number of amides is 1. The first kappa shape index (κ1) is 22.6. The summed E-state index contributed by atoms with van der Waals surface area (Å²) in [5.41, 5.74) is -0.537. The minimum atomic E-state index is -3.86. The number of rotatable bonds is 7. The Kier molecular flexibility index (Phi) is 6.81. The van der Waals surface area contributed by atoms with Crippen LogP contribution in [0.5, 0.6) is 0 Å². The van der Waals surface area contributed by atoms with Gasteiger partial charge in [0.25, 0.3) is 5.69 Å². The predicted octanol–water partition coefficient (Wildman–Crippen LogP) is 3.10. The lowest BCUT2D eigenvalue weighted by atomic mass is 10.2. The molecule has 12 heteroatoms. The first-order valence-corrected chi connectivity index (χ1v) is 10.9. The fraction of sp³-hybridized carbons (Fsp3) is 0.316. The summed E-state index contributed by atoms with van der Waals surface area (Å²) in [4.78, 5) is 22.6. The fourth-order valence-corrected chi connectivity index (χ4v) is 4.72. The zero-order chi connectivity index (χ0) is 22.6. The van der Waals surface area contributed by atoms with Crippen LogP contribution in [0.15, 0.2) is 41.3 Å². The monoisotopic (exact) mass is 454 g/mol. The van der Waals surface area contributed by atoms with E-state index < -0.39 is 44.7 Å². The molecule has 31 heavy (non-hydrogen) atoms. The maximum absolute atomic E-state index is 13.2. The van der Waals surface area contributed by atoms with E-state index in [0.717, 1.165) is 37.5 Å². The Morgan fingerprint density at radius 2 is 1.77 bits per heavy atom. The highest BCUT2D eigenvalue weighted by atomic mass is 32.2. The second-order valence-corrected chi connectivity index (χ2v) is 8.87. The lowest BCUT2D eigenvalue weighted by molar-refractivity contribution is -0.384. The van der Waals surface area contributed by atoms with E-state index in [0.29, 0.717) is 13.1 Å². The highest BCUT2D eigenvalue weighted by Crippen LogP contribution is 2.30. The number of halogens is 2. The van der Waals surface area contributed by atoms with Crippen molar-refractivity contribution in [3.63, 3.8) is 0 Å². The van der Waals surface area contributed by atoms with E-state index in [2.05, 4.69) is 10.6 Å². The van der Waals surface area contributed by atoms with Crippen molar-refractivity contribution >= 4 is 33.0 Å². The maximum atomic E-state index is 13.2. The molecule has 0 aliphatic carbocycles. The Hall–Kier alpha value is -3.12. The number of hydrogen-bond donors (Lipinski definition) is 2. The molecule has 3 rings (SSSR count). The number of carbonyl (C=O) groups is 1. The van der Waals surface area contributed by atoms with Gasteiger partial charge in [0, 0.05) is 30.9 Å². The predicted molar refractivity (Wildman–Crippen MR) is 109 cm³/mol. The Balaban J connectivity index is 1.73. The van der Waals surface area contributed by atoms with Gasteiger partial charge in [0.05, 0.1) is 16.4 Å². The summed E-state index contributed by atoms with van der Waals surface area (Å²) in [5, 5.41) is 16.4. The molecule has 1 saturated heterocycles. The van der Waals surface area contributed by atoms with Crippen LogP contribution in [0.2, 0.25) is 0 Å². The summed E-state index contributed by atoms with van der Waals surface area (Å²) >= 11 is 0. The van der Waals surface area contributed by atoms with Crippen LogP contribution in [-0.2, 0) is 14.8 Å². The molecule has 1 amide bonds. The smallest absolute Gasteiger partial charge is 0.293 e. The van der Waals surface area contributed by atoms with Crippen LogP contribution in [0.25, 0.3) is 0 Å². The number of hydrogen-bond acceptors (Lipinski definition) is 6. The summed E-state index contributed by atoms with van der Waals surface area (Å²) < 4.78 is 53.0. The third-order valence-electron chi connectivity index (χ3n) is 4.76. The molecular weight excluding hydrogens is 434 g/mol. The average Bonchev–Trinajstić information content (AvgIpc) is 2.75. The molecule has 0 unspecified atom stereocenters. The standard InChI is InChI=1S/C19H20F2N4O5S/c20-15-6-4-13(10-16(15)21)23-19(26)12-22-17-7-5-14(11-18(17)25(27)28)31(29,30)24-8-2-1-3-9-24/h4-7,10-11,22H,1-3,8-9,12H2,(H,23,26). The van der Waals surface area contributed by atoms with Gasteiger partial charge in [-0.3, -0.25) is 14.9 Å². The number of anilines is 2. The van der Waals surface area contributed by atoms with E-state index in [1.54, 1.807) is 0 Å². The normalized spacial score (nSPS) is 14.8. The van der Waals surface area contributed by atoms with Gasteiger partial charge in [0.15, 0.2) is 11.6 Å². The molecule has 0 aromatic heterocycles. The number of sulfonamides is 1. The van der Waals surface area contributed by atoms with Crippen LogP contribution in [0.4, 0.5) is 25.8 Å². The Morgan fingerprint density at radius 3 is 2.42 bits per heavy atom. The van der Waals surface area contributed by atoms with E-state index in [-0.39, 0.29) is 16.3 Å².